The second-order valence-electron chi connectivity index (χ2n) is 6.48. The first-order chi connectivity index (χ1) is 10.6. The lowest BCUT2D eigenvalue weighted by Crippen LogP contribution is -2.31. The van der Waals surface area contributed by atoms with Crippen LogP contribution < -0.4 is 0 Å². The third kappa shape index (κ3) is 9.77. The van der Waals surface area contributed by atoms with Gasteiger partial charge in [0.2, 0.25) is 0 Å². The molecule has 132 valence electrons. The van der Waals surface area contributed by atoms with E-state index in [2.05, 4.69) is 20.8 Å². The van der Waals surface area contributed by atoms with Crippen LogP contribution in [0.5, 0.6) is 0 Å². The Morgan fingerprint density at radius 3 is 2.09 bits per heavy atom. The highest BCUT2D eigenvalue weighted by molar-refractivity contribution is 6.24. The molecule has 2 heteroatoms. The molecule has 0 saturated carbocycles. The van der Waals surface area contributed by atoms with E-state index >= 15 is 0 Å². The predicted octanol–water partition coefficient (Wildman–Crippen LogP) is 7.48. The molecule has 1 unspecified atom stereocenters. The van der Waals surface area contributed by atoms with Crippen LogP contribution >= 0.6 is 11.6 Å². The van der Waals surface area contributed by atoms with E-state index in [9.17, 15) is 0 Å². The summed E-state index contributed by atoms with van der Waals surface area (Å²) in [6.07, 6.45) is 17.6. The van der Waals surface area contributed by atoms with Crippen molar-refractivity contribution in [1.82, 2.24) is 0 Å². The first kappa shape index (κ1) is 21.8. The van der Waals surface area contributed by atoms with Gasteiger partial charge in [0, 0.05) is 4.87 Å². The zero-order valence-corrected chi connectivity index (χ0v) is 16.3. The quantitative estimate of drug-likeness (QED) is 0.172. The molecule has 0 spiro atoms. The van der Waals surface area contributed by atoms with Crippen molar-refractivity contribution in [3.8, 4) is 0 Å². The van der Waals surface area contributed by atoms with Crippen LogP contribution in [0.25, 0.3) is 0 Å². The van der Waals surface area contributed by atoms with E-state index in [0.29, 0.717) is 5.92 Å². The van der Waals surface area contributed by atoms with Crippen molar-refractivity contribution in [2.24, 2.45) is 5.92 Å². The molecule has 0 aliphatic rings. The molecule has 1 nitrogen and oxygen atoms in total. The summed E-state index contributed by atoms with van der Waals surface area (Å²) in [6.45, 7) is 9.55. The molecule has 0 bridgehead atoms. The van der Waals surface area contributed by atoms with Gasteiger partial charge in [0.25, 0.3) is 0 Å². The molecule has 0 radical (unpaired) electrons. The number of halogens is 1. The molecule has 0 aromatic rings. The molecular formula is C20H39ClO. The van der Waals surface area contributed by atoms with E-state index in [1.165, 1.54) is 51.4 Å². The van der Waals surface area contributed by atoms with Gasteiger partial charge in [-0.05, 0) is 44.9 Å². The van der Waals surface area contributed by atoms with E-state index in [-0.39, 0.29) is 4.87 Å². The average molecular weight is 331 g/mol. The van der Waals surface area contributed by atoms with Gasteiger partial charge in [-0.3, -0.25) is 0 Å². The first-order valence-corrected chi connectivity index (χ1v) is 9.94. The Hall–Kier alpha value is -0.170. The Kier molecular flexibility index (Phi) is 14.3. The third-order valence-electron chi connectivity index (χ3n) is 4.86. The molecule has 0 aliphatic carbocycles. The molecule has 0 aromatic heterocycles. The van der Waals surface area contributed by atoms with E-state index in [1.54, 1.807) is 6.26 Å². The standard InChI is InChI=1S/C20H39ClO/c1-5-9-10-11-12-13-15-19(20(21,7-3)8-4)16-14-18-22-17-6-2/h6,17,19H,5,7-16,18H2,1-4H3. The first-order valence-electron chi connectivity index (χ1n) is 9.56. The number of hydrogen-bond donors (Lipinski definition) is 0. The van der Waals surface area contributed by atoms with Crippen LogP contribution in [0.4, 0.5) is 0 Å². The smallest absolute Gasteiger partial charge is 0.0873 e. The van der Waals surface area contributed by atoms with Gasteiger partial charge < -0.3 is 4.74 Å². The fourth-order valence-electron chi connectivity index (χ4n) is 3.24. The monoisotopic (exact) mass is 330 g/mol. The Labute approximate surface area is 144 Å². The van der Waals surface area contributed by atoms with Crippen molar-refractivity contribution in [1.29, 1.82) is 0 Å². The molecule has 0 aromatic carbocycles. The Morgan fingerprint density at radius 2 is 1.50 bits per heavy atom. The minimum atomic E-state index is -0.00991. The lowest BCUT2D eigenvalue weighted by atomic mass is 9.80. The molecule has 0 amide bonds. The van der Waals surface area contributed by atoms with Crippen molar-refractivity contribution < 1.29 is 4.74 Å². The summed E-state index contributed by atoms with van der Waals surface area (Å²) in [6, 6.07) is 0. The maximum atomic E-state index is 6.92. The van der Waals surface area contributed by atoms with Gasteiger partial charge in [0.05, 0.1) is 12.9 Å². The summed E-state index contributed by atoms with van der Waals surface area (Å²) >= 11 is 6.92. The van der Waals surface area contributed by atoms with Crippen molar-refractivity contribution in [2.75, 3.05) is 6.61 Å². The summed E-state index contributed by atoms with van der Waals surface area (Å²) in [7, 11) is 0. The third-order valence-corrected chi connectivity index (χ3v) is 5.70. The summed E-state index contributed by atoms with van der Waals surface area (Å²) in [5.74, 6) is 0.629. The predicted molar refractivity (Wildman–Crippen MR) is 101 cm³/mol. The van der Waals surface area contributed by atoms with Crippen LogP contribution in [0.15, 0.2) is 12.3 Å². The van der Waals surface area contributed by atoms with E-state index in [1.807, 2.05) is 13.0 Å². The van der Waals surface area contributed by atoms with E-state index < -0.39 is 0 Å². The highest BCUT2D eigenvalue weighted by Gasteiger charge is 2.32. The van der Waals surface area contributed by atoms with Gasteiger partial charge in [-0.2, -0.15) is 0 Å². The number of ether oxygens (including phenoxy) is 1. The van der Waals surface area contributed by atoms with Gasteiger partial charge in [-0.25, -0.2) is 0 Å². The fraction of sp³-hybridized carbons (Fsp3) is 0.900. The summed E-state index contributed by atoms with van der Waals surface area (Å²) in [5.41, 5.74) is 0. The molecule has 0 fully saturated rings. The lowest BCUT2D eigenvalue weighted by Gasteiger charge is -2.34. The second kappa shape index (κ2) is 14.4. The van der Waals surface area contributed by atoms with Gasteiger partial charge in [0.1, 0.15) is 0 Å². The van der Waals surface area contributed by atoms with Crippen molar-refractivity contribution in [2.45, 2.75) is 103 Å². The van der Waals surface area contributed by atoms with Crippen LogP contribution in [0.1, 0.15) is 98.3 Å². The zero-order chi connectivity index (χ0) is 16.7. The molecule has 0 saturated heterocycles. The second-order valence-corrected chi connectivity index (χ2v) is 7.23. The molecule has 0 aliphatic heterocycles. The van der Waals surface area contributed by atoms with Crippen LogP contribution in [0, 0.1) is 5.92 Å². The van der Waals surface area contributed by atoms with Crippen molar-refractivity contribution in [3.63, 3.8) is 0 Å². The topological polar surface area (TPSA) is 9.23 Å². The van der Waals surface area contributed by atoms with Gasteiger partial charge in [-0.15, -0.1) is 11.6 Å². The number of unbranched alkanes of at least 4 members (excludes halogenated alkanes) is 5. The normalized spacial score (nSPS) is 13.7. The van der Waals surface area contributed by atoms with Gasteiger partial charge >= 0.3 is 0 Å². The highest BCUT2D eigenvalue weighted by Crippen LogP contribution is 2.38. The van der Waals surface area contributed by atoms with Crippen molar-refractivity contribution >= 4 is 11.6 Å². The van der Waals surface area contributed by atoms with Crippen LogP contribution in [-0.2, 0) is 4.74 Å². The minimum Gasteiger partial charge on any atom is -0.502 e. The fourth-order valence-corrected chi connectivity index (χ4v) is 3.46. The number of rotatable bonds is 15. The summed E-state index contributed by atoms with van der Waals surface area (Å²) < 4.78 is 5.46. The summed E-state index contributed by atoms with van der Waals surface area (Å²) in [4.78, 5) is -0.00991. The molecule has 22 heavy (non-hydrogen) atoms. The highest BCUT2D eigenvalue weighted by atomic mass is 35.5. The number of allylic oxidation sites excluding steroid dienone is 1. The van der Waals surface area contributed by atoms with E-state index in [4.69, 9.17) is 16.3 Å². The minimum absolute atomic E-state index is 0.00991. The Balaban J connectivity index is 4.17. The summed E-state index contributed by atoms with van der Waals surface area (Å²) in [5, 5.41) is 0. The van der Waals surface area contributed by atoms with Crippen molar-refractivity contribution in [3.05, 3.63) is 12.3 Å². The number of hydrogen-bond acceptors (Lipinski definition) is 1. The molecule has 0 N–H and O–H groups in total. The average Bonchev–Trinajstić information content (AvgIpc) is 2.55. The number of alkyl halides is 1. The SMILES string of the molecule is CC=COCCCC(CCCCCCCC)C(Cl)(CC)CC. The molecule has 0 rings (SSSR count). The lowest BCUT2D eigenvalue weighted by molar-refractivity contribution is 0.214. The van der Waals surface area contributed by atoms with E-state index in [0.717, 1.165) is 25.9 Å². The Morgan fingerprint density at radius 1 is 0.909 bits per heavy atom. The maximum Gasteiger partial charge on any atom is 0.0873 e. The van der Waals surface area contributed by atoms with Gasteiger partial charge in [0.15, 0.2) is 0 Å². The molecule has 1 atom stereocenters. The van der Waals surface area contributed by atoms with Crippen LogP contribution in [0.3, 0.4) is 0 Å². The van der Waals surface area contributed by atoms with Crippen LogP contribution in [-0.4, -0.2) is 11.5 Å². The zero-order valence-electron chi connectivity index (χ0n) is 15.5. The largest absolute Gasteiger partial charge is 0.502 e. The van der Waals surface area contributed by atoms with Gasteiger partial charge in [-0.1, -0.05) is 65.4 Å². The Bertz CT molecular complexity index is 258. The molecule has 0 heterocycles. The van der Waals surface area contributed by atoms with Crippen LogP contribution in [0.2, 0.25) is 0 Å². The molecular weight excluding hydrogens is 292 g/mol. The maximum absolute atomic E-state index is 6.92.